The summed E-state index contributed by atoms with van der Waals surface area (Å²) in [5.74, 6) is 1.15. The molecule has 0 spiro atoms. The number of aryl methyl sites for hydroxylation is 1. The number of nitrogens with zero attached hydrogens (tertiary/aromatic N) is 3. The van der Waals surface area contributed by atoms with Gasteiger partial charge in [0, 0.05) is 47.0 Å². The molecule has 0 aliphatic rings. The lowest BCUT2D eigenvalue weighted by atomic mass is 10.1. The molecular formula is C15H18N4S. The van der Waals surface area contributed by atoms with Crippen LogP contribution in [0, 0.1) is 0 Å². The van der Waals surface area contributed by atoms with Crippen LogP contribution in [0.3, 0.4) is 0 Å². The van der Waals surface area contributed by atoms with Crippen LogP contribution in [0.15, 0.2) is 35.7 Å². The molecule has 0 fully saturated rings. The second-order valence-corrected chi connectivity index (χ2v) is 6.04. The van der Waals surface area contributed by atoms with Crippen LogP contribution in [-0.4, -0.2) is 25.5 Å². The normalized spacial score (nSPS) is 11.3. The maximum absolute atomic E-state index is 4.51. The smallest absolute Gasteiger partial charge is 0.137 e. The van der Waals surface area contributed by atoms with Crippen LogP contribution in [0.5, 0.6) is 0 Å². The second-order valence-electron chi connectivity index (χ2n) is 4.87. The molecule has 0 aliphatic carbocycles. The number of nitrogens with one attached hydrogen (secondary N) is 1. The van der Waals surface area contributed by atoms with E-state index in [2.05, 4.69) is 28.1 Å². The third-order valence-electron chi connectivity index (χ3n) is 3.29. The SMILES string of the molecule is CCCCSc1cnc2[nH]cc(-c3cnn(C)c3)c2c1. The summed E-state index contributed by atoms with van der Waals surface area (Å²) in [5, 5.41) is 5.41. The minimum Gasteiger partial charge on any atom is -0.346 e. The first kappa shape index (κ1) is 13.2. The van der Waals surface area contributed by atoms with Crippen molar-refractivity contribution in [2.45, 2.75) is 24.7 Å². The molecule has 3 aromatic heterocycles. The molecule has 4 nitrogen and oxygen atoms in total. The second kappa shape index (κ2) is 5.71. The first-order valence-corrected chi connectivity index (χ1v) is 7.85. The van der Waals surface area contributed by atoms with Crippen molar-refractivity contribution >= 4 is 22.8 Å². The molecule has 20 heavy (non-hydrogen) atoms. The topological polar surface area (TPSA) is 46.5 Å². The zero-order valence-electron chi connectivity index (χ0n) is 11.8. The van der Waals surface area contributed by atoms with E-state index in [4.69, 9.17) is 0 Å². The molecular weight excluding hydrogens is 268 g/mol. The Labute approximate surface area is 122 Å². The molecule has 0 bridgehead atoms. The van der Waals surface area contributed by atoms with Gasteiger partial charge in [0.1, 0.15) is 5.65 Å². The summed E-state index contributed by atoms with van der Waals surface area (Å²) in [6, 6.07) is 2.22. The molecule has 1 N–H and O–H groups in total. The largest absolute Gasteiger partial charge is 0.346 e. The summed E-state index contributed by atoms with van der Waals surface area (Å²) >= 11 is 1.88. The number of aromatic amines is 1. The number of hydrogen-bond donors (Lipinski definition) is 1. The fourth-order valence-corrected chi connectivity index (χ4v) is 3.19. The molecule has 0 aromatic carbocycles. The Kier molecular flexibility index (Phi) is 3.78. The summed E-state index contributed by atoms with van der Waals surface area (Å²) in [5.41, 5.74) is 3.22. The molecule has 0 saturated heterocycles. The van der Waals surface area contributed by atoms with E-state index in [-0.39, 0.29) is 0 Å². The van der Waals surface area contributed by atoms with E-state index in [1.165, 1.54) is 28.7 Å². The molecule has 0 amide bonds. The number of rotatable bonds is 5. The summed E-state index contributed by atoms with van der Waals surface area (Å²) in [6.45, 7) is 2.22. The number of pyridine rings is 1. The first-order chi connectivity index (χ1) is 9.78. The number of aromatic nitrogens is 4. The van der Waals surface area contributed by atoms with Crippen molar-refractivity contribution in [3.05, 3.63) is 30.9 Å². The van der Waals surface area contributed by atoms with Gasteiger partial charge < -0.3 is 4.98 Å². The van der Waals surface area contributed by atoms with Crippen molar-refractivity contribution in [3.63, 3.8) is 0 Å². The highest BCUT2D eigenvalue weighted by Gasteiger charge is 2.09. The lowest BCUT2D eigenvalue weighted by molar-refractivity contribution is 0.768. The van der Waals surface area contributed by atoms with Gasteiger partial charge >= 0.3 is 0 Å². The molecule has 0 saturated carbocycles. The summed E-state index contributed by atoms with van der Waals surface area (Å²) in [7, 11) is 1.93. The van der Waals surface area contributed by atoms with E-state index in [9.17, 15) is 0 Å². The third-order valence-corrected chi connectivity index (χ3v) is 4.34. The molecule has 104 valence electrons. The predicted molar refractivity (Wildman–Crippen MR) is 83.9 cm³/mol. The van der Waals surface area contributed by atoms with E-state index in [0.717, 1.165) is 17.0 Å². The third kappa shape index (κ3) is 2.58. The van der Waals surface area contributed by atoms with E-state index in [0.29, 0.717) is 0 Å². The maximum atomic E-state index is 4.51. The standard InChI is InChI=1S/C15H18N4S/c1-3-4-5-20-12-6-13-14(9-17-15(13)16-8-12)11-7-18-19(2)10-11/h6-10H,3-5H2,1-2H3,(H,16,17). The highest BCUT2D eigenvalue weighted by atomic mass is 32.2. The van der Waals surface area contributed by atoms with Crippen molar-refractivity contribution in [2.24, 2.45) is 7.05 Å². The monoisotopic (exact) mass is 286 g/mol. The number of H-pyrrole nitrogens is 1. The van der Waals surface area contributed by atoms with Gasteiger partial charge in [-0.25, -0.2) is 4.98 Å². The van der Waals surface area contributed by atoms with Crippen molar-refractivity contribution in [3.8, 4) is 11.1 Å². The van der Waals surface area contributed by atoms with E-state index < -0.39 is 0 Å². The van der Waals surface area contributed by atoms with Crippen LogP contribution < -0.4 is 0 Å². The molecule has 3 heterocycles. The Balaban J connectivity index is 1.95. The fraction of sp³-hybridized carbons (Fsp3) is 0.333. The lowest BCUT2D eigenvalue weighted by Crippen LogP contribution is -1.84. The van der Waals surface area contributed by atoms with E-state index in [1.54, 1.807) is 0 Å². The van der Waals surface area contributed by atoms with Crippen LogP contribution in [0.25, 0.3) is 22.2 Å². The van der Waals surface area contributed by atoms with Crippen molar-refractivity contribution < 1.29 is 0 Å². The van der Waals surface area contributed by atoms with Gasteiger partial charge in [-0.05, 0) is 18.2 Å². The average Bonchev–Trinajstić information content (AvgIpc) is 3.04. The van der Waals surface area contributed by atoms with Crippen LogP contribution in [0.2, 0.25) is 0 Å². The maximum Gasteiger partial charge on any atom is 0.137 e. The van der Waals surface area contributed by atoms with E-state index >= 15 is 0 Å². The van der Waals surface area contributed by atoms with Crippen LogP contribution in [0.4, 0.5) is 0 Å². The van der Waals surface area contributed by atoms with Crippen LogP contribution in [-0.2, 0) is 7.05 Å². The Morgan fingerprint density at radius 3 is 3.00 bits per heavy atom. The van der Waals surface area contributed by atoms with Gasteiger partial charge in [-0.3, -0.25) is 4.68 Å². The van der Waals surface area contributed by atoms with Gasteiger partial charge in [0.05, 0.1) is 6.20 Å². The molecule has 0 unspecified atom stereocenters. The molecule has 0 radical (unpaired) electrons. The molecule has 0 aliphatic heterocycles. The first-order valence-electron chi connectivity index (χ1n) is 6.87. The zero-order valence-corrected chi connectivity index (χ0v) is 12.6. The minimum absolute atomic E-state index is 0.934. The Hall–Kier alpha value is -1.75. The van der Waals surface area contributed by atoms with Gasteiger partial charge in [-0.2, -0.15) is 5.10 Å². The Morgan fingerprint density at radius 1 is 1.35 bits per heavy atom. The zero-order chi connectivity index (χ0) is 13.9. The lowest BCUT2D eigenvalue weighted by Gasteiger charge is -2.01. The summed E-state index contributed by atoms with van der Waals surface area (Å²) in [6.07, 6.45) is 10.3. The number of hydrogen-bond acceptors (Lipinski definition) is 3. The number of unbranched alkanes of at least 4 members (excludes halogenated alkanes) is 1. The highest BCUT2D eigenvalue weighted by molar-refractivity contribution is 7.99. The minimum atomic E-state index is 0.934. The Bertz CT molecular complexity index is 714. The average molecular weight is 286 g/mol. The predicted octanol–water partition coefficient (Wildman–Crippen LogP) is 3.86. The highest BCUT2D eigenvalue weighted by Crippen LogP contribution is 2.30. The summed E-state index contributed by atoms with van der Waals surface area (Å²) in [4.78, 5) is 8.97. The number of fused-ring (bicyclic) bond motifs is 1. The van der Waals surface area contributed by atoms with Crippen molar-refractivity contribution in [1.82, 2.24) is 19.7 Å². The van der Waals surface area contributed by atoms with Crippen molar-refractivity contribution in [2.75, 3.05) is 5.75 Å². The van der Waals surface area contributed by atoms with Crippen molar-refractivity contribution in [1.29, 1.82) is 0 Å². The van der Waals surface area contributed by atoms with Gasteiger partial charge in [0.25, 0.3) is 0 Å². The summed E-state index contributed by atoms with van der Waals surface area (Å²) < 4.78 is 1.82. The number of thioether (sulfide) groups is 1. The van der Waals surface area contributed by atoms with Crippen LogP contribution >= 0.6 is 11.8 Å². The Morgan fingerprint density at radius 2 is 2.25 bits per heavy atom. The van der Waals surface area contributed by atoms with Gasteiger partial charge in [-0.1, -0.05) is 13.3 Å². The molecule has 3 aromatic rings. The van der Waals surface area contributed by atoms with Gasteiger partial charge in [0.15, 0.2) is 0 Å². The fourth-order valence-electron chi connectivity index (χ4n) is 2.20. The van der Waals surface area contributed by atoms with Gasteiger partial charge in [-0.15, -0.1) is 11.8 Å². The molecule has 0 atom stereocenters. The molecule has 5 heteroatoms. The van der Waals surface area contributed by atoms with Crippen LogP contribution in [0.1, 0.15) is 19.8 Å². The van der Waals surface area contributed by atoms with Gasteiger partial charge in [0.2, 0.25) is 0 Å². The quantitative estimate of drug-likeness (QED) is 0.572. The van der Waals surface area contributed by atoms with E-state index in [1.807, 2.05) is 48.3 Å². The molecule has 3 rings (SSSR count).